The summed E-state index contributed by atoms with van der Waals surface area (Å²) in [6.45, 7) is 6.09. The molecule has 0 bridgehead atoms. The minimum atomic E-state index is -0.546. The second-order valence-electron chi connectivity index (χ2n) is 5.72. The van der Waals surface area contributed by atoms with Crippen LogP contribution in [-0.2, 0) is 16.0 Å². The number of rotatable bonds is 5. The predicted molar refractivity (Wildman–Crippen MR) is 80.9 cm³/mol. The minimum absolute atomic E-state index is 0.218. The average Bonchev–Trinajstić information content (AvgIpc) is 2.42. The lowest BCUT2D eigenvalue weighted by Gasteiger charge is -2.19. The molecule has 1 amide bonds. The highest BCUT2D eigenvalue weighted by atomic mass is 16.6. The Labute approximate surface area is 129 Å². The van der Waals surface area contributed by atoms with Gasteiger partial charge in [0.1, 0.15) is 5.60 Å². The molecule has 0 aliphatic carbocycles. The van der Waals surface area contributed by atoms with Crippen LogP contribution in [-0.4, -0.2) is 35.9 Å². The molecule has 1 heterocycles. The first-order chi connectivity index (χ1) is 10.2. The van der Waals surface area contributed by atoms with E-state index in [1.807, 2.05) is 0 Å². The Balaban J connectivity index is 2.50. The maximum Gasteiger partial charge on any atom is 0.407 e. The molecule has 0 fully saturated rings. The van der Waals surface area contributed by atoms with Crippen molar-refractivity contribution in [1.82, 2.24) is 9.88 Å². The van der Waals surface area contributed by atoms with Gasteiger partial charge < -0.3 is 19.4 Å². The highest BCUT2D eigenvalue weighted by Gasteiger charge is 2.15. The van der Waals surface area contributed by atoms with Gasteiger partial charge in [-0.15, -0.1) is 0 Å². The van der Waals surface area contributed by atoms with Gasteiger partial charge in [-0.05, 0) is 33.3 Å². The maximum atomic E-state index is 11.7. The summed E-state index contributed by atoms with van der Waals surface area (Å²) in [6, 6.07) is 2.73. The standard InChI is InChI=1S/C15H22N2O5/c1-15(2,3)22-14(20)16-8-5-9-17-10-11(13(19)21-4)6-7-12(17)18/h6-7,10H,5,8-9H2,1-4H3,(H,16,20). The van der Waals surface area contributed by atoms with E-state index in [9.17, 15) is 14.4 Å². The molecule has 0 atom stereocenters. The van der Waals surface area contributed by atoms with Crippen molar-refractivity contribution in [3.8, 4) is 0 Å². The van der Waals surface area contributed by atoms with Gasteiger partial charge in [0.15, 0.2) is 0 Å². The van der Waals surface area contributed by atoms with Crippen LogP contribution in [0.5, 0.6) is 0 Å². The summed E-state index contributed by atoms with van der Waals surface area (Å²) < 4.78 is 11.1. The van der Waals surface area contributed by atoms with Gasteiger partial charge in [0.05, 0.1) is 12.7 Å². The van der Waals surface area contributed by atoms with E-state index >= 15 is 0 Å². The third-order valence-corrected chi connectivity index (χ3v) is 2.65. The van der Waals surface area contributed by atoms with E-state index in [1.165, 1.54) is 30.0 Å². The summed E-state index contributed by atoms with van der Waals surface area (Å²) in [7, 11) is 1.28. The Morgan fingerprint density at radius 3 is 2.55 bits per heavy atom. The SMILES string of the molecule is COC(=O)c1ccc(=O)n(CCCNC(=O)OC(C)(C)C)c1. The van der Waals surface area contributed by atoms with Crippen LogP contribution >= 0.6 is 0 Å². The number of hydrogen-bond acceptors (Lipinski definition) is 5. The van der Waals surface area contributed by atoms with E-state index < -0.39 is 17.7 Å². The summed E-state index contributed by atoms with van der Waals surface area (Å²) in [5.41, 5.74) is -0.456. The van der Waals surface area contributed by atoms with Crippen molar-refractivity contribution in [2.24, 2.45) is 0 Å². The van der Waals surface area contributed by atoms with E-state index in [-0.39, 0.29) is 5.56 Å². The van der Waals surface area contributed by atoms with Gasteiger partial charge in [-0.25, -0.2) is 9.59 Å². The Kier molecular flexibility index (Phi) is 6.15. The molecular weight excluding hydrogens is 288 g/mol. The van der Waals surface area contributed by atoms with Crippen molar-refractivity contribution >= 4 is 12.1 Å². The monoisotopic (exact) mass is 310 g/mol. The molecule has 0 aliphatic rings. The number of alkyl carbamates (subject to hydrolysis) is 1. The van der Waals surface area contributed by atoms with Crippen LogP contribution < -0.4 is 10.9 Å². The van der Waals surface area contributed by atoms with Gasteiger partial charge in [-0.3, -0.25) is 4.79 Å². The van der Waals surface area contributed by atoms with Gasteiger partial charge in [0, 0.05) is 25.4 Å². The summed E-state index contributed by atoms with van der Waals surface area (Å²) in [5, 5.41) is 2.61. The zero-order valence-electron chi connectivity index (χ0n) is 13.3. The topological polar surface area (TPSA) is 86.6 Å². The number of ether oxygens (including phenoxy) is 2. The van der Waals surface area contributed by atoms with Crippen LogP contribution in [0.25, 0.3) is 0 Å². The Morgan fingerprint density at radius 1 is 1.27 bits per heavy atom. The first kappa shape index (κ1) is 17.7. The molecule has 1 N–H and O–H groups in total. The highest BCUT2D eigenvalue weighted by molar-refractivity contribution is 5.88. The van der Waals surface area contributed by atoms with Gasteiger partial charge >= 0.3 is 12.1 Å². The molecule has 0 aliphatic heterocycles. The molecule has 0 saturated heterocycles. The molecular formula is C15H22N2O5. The number of esters is 1. The van der Waals surface area contributed by atoms with Gasteiger partial charge in [-0.1, -0.05) is 0 Å². The van der Waals surface area contributed by atoms with Gasteiger partial charge in [0.25, 0.3) is 5.56 Å². The number of methoxy groups -OCH3 is 1. The third-order valence-electron chi connectivity index (χ3n) is 2.65. The van der Waals surface area contributed by atoms with Crippen molar-refractivity contribution in [3.05, 3.63) is 34.2 Å². The number of nitrogens with zero attached hydrogens (tertiary/aromatic N) is 1. The number of amides is 1. The Bertz CT molecular complexity index is 586. The number of aromatic nitrogens is 1. The lowest BCUT2D eigenvalue weighted by molar-refractivity contribution is 0.0525. The second kappa shape index (κ2) is 7.63. The van der Waals surface area contributed by atoms with E-state index in [4.69, 9.17) is 4.74 Å². The fraction of sp³-hybridized carbons (Fsp3) is 0.533. The molecule has 1 aromatic rings. The number of aryl methyl sites for hydroxylation is 1. The van der Waals surface area contributed by atoms with E-state index in [0.717, 1.165) is 0 Å². The zero-order valence-corrected chi connectivity index (χ0v) is 13.3. The molecule has 7 nitrogen and oxygen atoms in total. The molecule has 0 saturated carbocycles. The highest BCUT2D eigenvalue weighted by Crippen LogP contribution is 2.06. The van der Waals surface area contributed by atoms with Crippen LogP contribution in [0.2, 0.25) is 0 Å². The average molecular weight is 310 g/mol. The molecule has 22 heavy (non-hydrogen) atoms. The number of hydrogen-bond donors (Lipinski definition) is 1. The second-order valence-corrected chi connectivity index (χ2v) is 5.72. The van der Waals surface area contributed by atoms with Crippen molar-refractivity contribution in [2.75, 3.05) is 13.7 Å². The van der Waals surface area contributed by atoms with Gasteiger partial charge in [0.2, 0.25) is 0 Å². The predicted octanol–water partition coefficient (Wildman–Crippen LogP) is 1.55. The quantitative estimate of drug-likeness (QED) is 0.658. The number of carbonyl (C=O) groups excluding carboxylic acids is 2. The third kappa shape index (κ3) is 5.99. The summed E-state index contributed by atoms with van der Waals surface area (Å²) >= 11 is 0. The molecule has 1 aromatic heterocycles. The molecule has 1 rings (SSSR count). The van der Waals surface area contributed by atoms with Crippen LogP contribution in [0.4, 0.5) is 4.79 Å². The van der Waals surface area contributed by atoms with Crippen LogP contribution in [0.15, 0.2) is 23.1 Å². The molecule has 0 unspecified atom stereocenters. The van der Waals surface area contributed by atoms with Gasteiger partial charge in [-0.2, -0.15) is 0 Å². The normalized spacial score (nSPS) is 10.9. The van der Waals surface area contributed by atoms with Crippen molar-refractivity contribution in [2.45, 2.75) is 39.3 Å². The van der Waals surface area contributed by atoms with Crippen LogP contribution in [0.3, 0.4) is 0 Å². The van der Waals surface area contributed by atoms with Crippen molar-refractivity contribution in [1.29, 1.82) is 0 Å². The van der Waals surface area contributed by atoms with E-state index in [0.29, 0.717) is 25.1 Å². The summed E-state index contributed by atoms with van der Waals surface area (Å²) in [4.78, 5) is 34.6. The fourth-order valence-electron chi connectivity index (χ4n) is 1.70. The Hall–Kier alpha value is -2.31. The number of nitrogens with one attached hydrogen (secondary N) is 1. The largest absolute Gasteiger partial charge is 0.465 e. The van der Waals surface area contributed by atoms with E-state index in [1.54, 1.807) is 20.8 Å². The summed E-state index contributed by atoms with van der Waals surface area (Å²) in [5.74, 6) is -0.499. The number of pyridine rings is 1. The lowest BCUT2D eigenvalue weighted by Crippen LogP contribution is -2.33. The maximum absolute atomic E-state index is 11.7. The van der Waals surface area contributed by atoms with E-state index in [2.05, 4.69) is 10.1 Å². The Morgan fingerprint density at radius 2 is 1.95 bits per heavy atom. The first-order valence-electron chi connectivity index (χ1n) is 6.98. The minimum Gasteiger partial charge on any atom is -0.465 e. The molecule has 0 aromatic carbocycles. The van der Waals surface area contributed by atoms with Crippen molar-refractivity contribution in [3.63, 3.8) is 0 Å². The van der Waals surface area contributed by atoms with Crippen molar-refractivity contribution < 1.29 is 19.1 Å². The van der Waals surface area contributed by atoms with Crippen LogP contribution in [0, 0.1) is 0 Å². The molecule has 0 radical (unpaired) electrons. The molecule has 122 valence electrons. The lowest BCUT2D eigenvalue weighted by atomic mass is 10.2. The fourth-order valence-corrected chi connectivity index (χ4v) is 1.70. The number of carbonyl (C=O) groups is 2. The first-order valence-corrected chi connectivity index (χ1v) is 6.98. The molecule has 7 heteroatoms. The molecule has 0 spiro atoms. The smallest absolute Gasteiger partial charge is 0.407 e. The van der Waals surface area contributed by atoms with Crippen LogP contribution in [0.1, 0.15) is 37.6 Å². The summed E-state index contributed by atoms with van der Waals surface area (Å²) in [6.07, 6.45) is 1.48. The zero-order chi connectivity index (χ0) is 16.8.